The molecule has 1 N–H and O–H groups in total. The van der Waals surface area contributed by atoms with E-state index in [1.807, 2.05) is 19.2 Å². The summed E-state index contributed by atoms with van der Waals surface area (Å²) in [6, 6.07) is 3.96. The van der Waals surface area contributed by atoms with Gasteiger partial charge in [0, 0.05) is 18.1 Å². The summed E-state index contributed by atoms with van der Waals surface area (Å²) in [4.78, 5) is 21.8. The van der Waals surface area contributed by atoms with Crippen molar-refractivity contribution in [3.8, 4) is 0 Å². The average Bonchev–Trinajstić information content (AvgIpc) is 2.74. The molecule has 2 aromatic rings. The standard InChI is InChI=1S/C11H10BrN3O2S/c1-15(5-7-2-3-9(12)18-7)10-8(11(16)17)4-13-6-14-10/h2-4,6H,5H2,1H3,(H,16,17). The number of aromatic nitrogens is 2. The van der Waals surface area contributed by atoms with E-state index in [9.17, 15) is 4.79 Å². The number of halogens is 1. The van der Waals surface area contributed by atoms with Crippen molar-refractivity contribution in [2.24, 2.45) is 0 Å². The number of thiophene rings is 1. The Morgan fingerprint density at radius 3 is 2.94 bits per heavy atom. The number of carbonyl (C=O) groups is 1. The van der Waals surface area contributed by atoms with E-state index in [2.05, 4.69) is 25.9 Å². The summed E-state index contributed by atoms with van der Waals surface area (Å²) >= 11 is 5.01. The molecule has 0 radical (unpaired) electrons. The summed E-state index contributed by atoms with van der Waals surface area (Å²) in [6.07, 6.45) is 2.66. The van der Waals surface area contributed by atoms with Gasteiger partial charge in [-0.2, -0.15) is 0 Å². The Labute approximate surface area is 116 Å². The minimum Gasteiger partial charge on any atom is -0.477 e. The van der Waals surface area contributed by atoms with Crippen LogP contribution in [0.5, 0.6) is 0 Å². The summed E-state index contributed by atoms with van der Waals surface area (Å²) in [5, 5.41) is 9.07. The highest BCUT2D eigenvalue weighted by Gasteiger charge is 2.15. The van der Waals surface area contributed by atoms with Gasteiger partial charge >= 0.3 is 5.97 Å². The zero-order chi connectivity index (χ0) is 13.1. The molecule has 0 amide bonds. The fourth-order valence-electron chi connectivity index (χ4n) is 1.52. The number of hydrogen-bond donors (Lipinski definition) is 1. The van der Waals surface area contributed by atoms with Crippen LogP contribution in [0.15, 0.2) is 28.4 Å². The highest BCUT2D eigenvalue weighted by molar-refractivity contribution is 9.11. The second kappa shape index (κ2) is 5.45. The van der Waals surface area contributed by atoms with Gasteiger partial charge in [0.15, 0.2) is 0 Å². The van der Waals surface area contributed by atoms with Crippen LogP contribution in [0.1, 0.15) is 15.2 Å². The van der Waals surface area contributed by atoms with Gasteiger partial charge < -0.3 is 10.0 Å². The molecule has 0 fully saturated rings. The summed E-state index contributed by atoms with van der Waals surface area (Å²) in [5.41, 5.74) is 0.107. The molecule has 2 aromatic heterocycles. The van der Waals surface area contributed by atoms with Gasteiger partial charge in [-0.1, -0.05) is 0 Å². The molecule has 7 heteroatoms. The third kappa shape index (κ3) is 2.85. The summed E-state index contributed by atoms with van der Waals surface area (Å²) in [6.45, 7) is 0.605. The highest BCUT2D eigenvalue weighted by Crippen LogP contribution is 2.25. The molecule has 94 valence electrons. The molecule has 0 aromatic carbocycles. The first-order valence-corrected chi connectivity index (χ1v) is 6.67. The number of carboxylic acids is 1. The van der Waals surface area contributed by atoms with Crippen LogP contribution in [-0.2, 0) is 6.54 Å². The maximum Gasteiger partial charge on any atom is 0.341 e. The van der Waals surface area contributed by atoms with E-state index in [0.29, 0.717) is 12.4 Å². The lowest BCUT2D eigenvalue weighted by Gasteiger charge is -2.18. The van der Waals surface area contributed by atoms with Gasteiger partial charge in [-0.25, -0.2) is 14.8 Å². The topological polar surface area (TPSA) is 66.3 Å². The first-order chi connectivity index (χ1) is 8.58. The molecule has 0 aliphatic rings. The van der Waals surface area contributed by atoms with Crippen molar-refractivity contribution in [1.82, 2.24) is 9.97 Å². The molecule has 5 nitrogen and oxygen atoms in total. The third-order valence-electron chi connectivity index (χ3n) is 2.31. The van der Waals surface area contributed by atoms with E-state index in [4.69, 9.17) is 5.11 Å². The number of hydrogen-bond acceptors (Lipinski definition) is 5. The second-order valence-corrected chi connectivity index (χ2v) is 6.17. The first kappa shape index (κ1) is 13.0. The molecule has 0 aliphatic carbocycles. The molecule has 2 heterocycles. The summed E-state index contributed by atoms with van der Waals surface area (Å²) in [5.74, 6) is -0.605. The maximum atomic E-state index is 11.1. The van der Waals surface area contributed by atoms with E-state index in [1.54, 1.807) is 16.2 Å². The van der Waals surface area contributed by atoms with Crippen molar-refractivity contribution in [3.05, 3.63) is 38.9 Å². The molecule has 0 bridgehead atoms. The minimum absolute atomic E-state index is 0.107. The van der Waals surface area contributed by atoms with Crippen molar-refractivity contribution in [2.45, 2.75) is 6.54 Å². The molecule has 0 atom stereocenters. The molecule has 0 aliphatic heterocycles. The number of carboxylic acid groups (broad SMARTS) is 1. The Bertz CT molecular complexity index is 573. The Morgan fingerprint density at radius 1 is 1.56 bits per heavy atom. The molecular formula is C11H10BrN3O2S. The number of rotatable bonds is 4. The predicted molar refractivity (Wildman–Crippen MR) is 73.1 cm³/mol. The average molecular weight is 328 g/mol. The van der Waals surface area contributed by atoms with Gasteiger partial charge in [-0.3, -0.25) is 0 Å². The van der Waals surface area contributed by atoms with Gasteiger partial charge in [0.2, 0.25) is 0 Å². The second-order valence-electron chi connectivity index (χ2n) is 3.63. The van der Waals surface area contributed by atoms with Crippen LogP contribution < -0.4 is 4.90 Å². The van der Waals surface area contributed by atoms with Crippen molar-refractivity contribution >= 4 is 39.1 Å². The summed E-state index contributed by atoms with van der Waals surface area (Å²) in [7, 11) is 1.81. The van der Waals surface area contributed by atoms with Crippen molar-refractivity contribution in [1.29, 1.82) is 0 Å². The Balaban J connectivity index is 2.23. The van der Waals surface area contributed by atoms with E-state index in [-0.39, 0.29) is 5.56 Å². The Morgan fingerprint density at radius 2 is 2.33 bits per heavy atom. The minimum atomic E-state index is -1.02. The zero-order valence-corrected chi connectivity index (χ0v) is 11.9. The Kier molecular flexibility index (Phi) is 3.93. The van der Waals surface area contributed by atoms with E-state index in [1.165, 1.54) is 12.5 Å². The van der Waals surface area contributed by atoms with Gasteiger partial charge in [0.25, 0.3) is 0 Å². The lowest BCUT2D eigenvalue weighted by Crippen LogP contribution is -2.20. The van der Waals surface area contributed by atoms with Gasteiger partial charge in [-0.05, 0) is 28.1 Å². The van der Waals surface area contributed by atoms with Crippen LogP contribution in [0.3, 0.4) is 0 Å². The SMILES string of the molecule is CN(Cc1ccc(Br)s1)c1ncncc1C(=O)O. The number of anilines is 1. The largest absolute Gasteiger partial charge is 0.477 e. The number of aromatic carboxylic acids is 1. The van der Waals surface area contributed by atoms with Crippen LogP contribution in [0.4, 0.5) is 5.82 Å². The third-order valence-corrected chi connectivity index (χ3v) is 3.91. The Hall–Kier alpha value is -1.47. The lowest BCUT2D eigenvalue weighted by atomic mass is 10.3. The van der Waals surface area contributed by atoms with Gasteiger partial charge in [0.05, 0.1) is 10.3 Å². The predicted octanol–water partition coefficient (Wildman–Crippen LogP) is 2.64. The van der Waals surface area contributed by atoms with E-state index >= 15 is 0 Å². The van der Waals surface area contributed by atoms with E-state index < -0.39 is 5.97 Å². The van der Waals surface area contributed by atoms with Crippen LogP contribution >= 0.6 is 27.3 Å². The molecule has 0 unspecified atom stereocenters. The van der Waals surface area contributed by atoms with Gasteiger partial charge in [0.1, 0.15) is 17.7 Å². The number of nitrogens with zero attached hydrogens (tertiary/aromatic N) is 3. The molecular weight excluding hydrogens is 318 g/mol. The van der Waals surface area contributed by atoms with E-state index in [0.717, 1.165) is 8.66 Å². The zero-order valence-electron chi connectivity index (χ0n) is 9.50. The summed E-state index contributed by atoms with van der Waals surface area (Å²) < 4.78 is 1.05. The first-order valence-electron chi connectivity index (χ1n) is 5.06. The lowest BCUT2D eigenvalue weighted by molar-refractivity contribution is 0.0696. The normalized spacial score (nSPS) is 10.3. The van der Waals surface area contributed by atoms with Crippen molar-refractivity contribution in [3.63, 3.8) is 0 Å². The van der Waals surface area contributed by atoms with Crippen LogP contribution in [0.25, 0.3) is 0 Å². The van der Waals surface area contributed by atoms with Crippen LogP contribution in [0.2, 0.25) is 0 Å². The van der Waals surface area contributed by atoms with Gasteiger partial charge in [-0.15, -0.1) is 11.3 Å². The molecule has 0 saturated heterocycles. The molecule has 0 spiro atoms. The van der Waals surface area contributed by atoms with Crippen molar-refractivity contribution in [2.75, 3.05) is 11.9 Å². The van der Waals surface area contributed by atoms with Crippen LogP contribution in [-0.4, -0.2) is 28.1 Å². The smallest absolute Gasteiger partial charge is 0.341 e. The monoisotopic (exact) mass is 327 g/mol. The molecule has 18 heavy (non-hydrogen) atoms. The van der Waals surface area contributed by atoms with Crippen LogP contribution in [0, 0.1) is 0 Å². The molecule has 0 saturated carbocycles. The fourth-order valence-corrected chi connectivity index (χ4v) is 3.06. The van der Waals surface area contributed by atoms with Crippen molar-refractivity contribution < 1.29 is 9.90 Å². The maximum absolute atomic E-state index is 11.1. The quantitative estimate of drug-likeness (QED) is 0.935. The molecule has 2 rings (SSSR count). The fraction of sp³-hybridized carbons (Fsp3) is 0.182. The highest BCUT2D eigenvalue weighted by atomic mass is 79.9.